The lowest BCUT2D eigenvalue weighted by Crippen LogP contribution is -2.43. The Morgan fingerprint density at radius 3 is 2.57 bits per heavy atom. The van der Waals surface area contributed by atoms with Gasteiger partial charge in [-0.3, -0.25) is 9.59 Å². The molecule has 0 unspecified atom stereocenters. The first-order valence-corrected chi connectivity index (χ1v) is 11.0. The number of carbonyl (C=O) groups excluding carboxylic acids is 2. The minimum Gasteiger partial charge on any atom is -0.421 e. The first-order valence-electron chi connectivity index (χ1n) is 11.0. The van der Waals surface area contributed by atoms with Gasteiger partial charge in [0.25, 0.3) is 0 Å². The van der Waals surface area contributed by atoms with Crippen LogP contribution in [0, 0.1) is 5.92 Å². The molecule has 0 aliphatic carbocycles. The molecule has 30 heavy (non-hydrogen) atoms. The van der Waals surface area contributed by atoms with Crippen LogP contribution in [0.3, 0.4) is 0 Å². The van der Waals surface area contributed by atoms with E-state index in [-0.39, 0.29) is 17.7 Å². The number of piperidine rings is 1. The molecule has 3 rings (SSSR count). The van der Waals surface area contributed by atoms with Crippen LogP contribution in [0.15, 0.2) is 34.7 Å². The number of likely N-dealkylation sites (tertiary alicyclic amines) is 1. The van der Waals surface area contributed by atoms with Crippen molar-refractivity contribution in [1.82, 2.24) is 20.0 Å². The van der Waals surface area contributed by atoms with E-state index in [4.69, 9.17) is 4.42 Å². The van der Waals surface area contributed by atoms with Crippen LogP contribution in [-0.2, 0) is 16.0 Å². The van der Waals surface area contributed by atoms with Gasteiger partial charge in [-0.15, -0.1) is 10.2 Å². The van der Waals surface area contributed by atoms with Crippen molar-refractivity contribution in [2.45, 2.75) is 51.9 Å². The average Bonchev–Trinajstić information content (AvgIpc) is 3.26. The fraction of sp³-hybridized carbons (Fsp3) is 0.565. The van der Waals surface area contributed by atoms with Crippen molar-refractivity contribution in [3.05, 3.63) is 36.2 Å². The molecule has 0 N–H and O–H groups in total. The van der Waals surface area contributed by atoms with Gasteiger partial charge in [0.15, 0.2) is 0 Å². The van der Waals surface area contributed by atoms with E-state index in [9.17, 15) is 9.59 Å². The lowest BCUT2D eigenvalue weighted by Gasteiger charge is -2.33. The van der Waals surface area contributed by atoms with E-state index in [0.717, 1.165) is 37.8 Å². The summed E-state index contributed by atoms with van der Waals surface area (Å²) in [5.41, 5.74) is 0.894. The maximum Gasteiger partial charge on any atom is 0.247 e. The largest absolute Gasteiger partial charge is 0.421 e. The topological polar surface area (TPSA) is 79.5 Å². The summed E-state index contributed by atoms with van der Waals surface area (Å²) in [6.45, 7) is 4.27. The van der Waals surface area contributed by atoms with Gasteiger partial charge in [-0.2, -0.15) is 0 Å². The minimum atomic E-state index is 0.0470. The molecule has 0 bridgehead atoms. The van der Waals surface area contributed by atoms with Crippen LogP contribution in [0.1, 0.15) is 51.3 Å². The number of carbonyl (C=O) groups is 2. The first kappa shape index (κ1) is 22.0. The fourth-order valence-electron chi connectivity index (χ4n) is 3.79. The molecule has 0 atom stereocenters. The number of amides is 2. The number of hydrogen-bond acceptors (Lipinski definition) is 5. The van der Waals surface area contributed by atoms with Gasteiger partial charge in [0, 0.05) is 51.0 Å². The van der Waals surface area contributed by atoms with Crippen LogP contribution in [0.25, 0.3) is 11.5 Å². The second kappa shape index (κ2) is 10.9. The molecule has 1 aromatic heterocycles. The van der Waals surface area contributed by atoms with Crippen molar-refractivity contribution < 1.29 is 14.0 Å². The molecule has 7 heteroatoms. The zero-order chi connectivity index (χ0) is 21.3. The van der Waals surface area contributed by atoms with Gasteiger partial charge in [0.1, 0.15) is 0 Å². The third kappa shape index (κ3) is 5.90. The molecule has 2 aromatic rings. The van der Waals surface area contributed by atoms with Crippen molar-refractivity contribution in [3.63, 3.8) is 0 Å². The molecule has 2 heterocycles. The lowest BCUT2D eigenvalue weighted by molar-refractivity contribution is -0.140. The highest BCUT2D eigenvalue weighted by atomic mass is 16.4. The summed E-state index contributed by atoms with van der Waals surface area (Å²) in [5, 5.41) is 8.17. The van der Waals surface area contributed by atoms with Gasteiger partial charge in [0.05, 0.1) is 0 Å². The molecule has 0 radical (unpaired) electrons. The molecular weight excluding hydrogens is 380 g/mol. The Kier molecular flexibility index (Phi) is 7.99. The zero-order valence-electron chi connectivity index (χ0n) is 18.0. The Labute approximate surface area is 178 Å². The van der Waals surface area contributed by atoms with Crippen LogP contribution in [0.5, 0.6) is 0 Å². The van der Waals surface area contributed by atoms with Crippen LogP contribution in [0.2, 0.25) is 0 Å². The summed E-state index contributed by atoms with van der Waals surface area (Å²) >= 11 is 0. The number of rotatable bonds is 9. The number of aryl methyl sites for hydroxylation is 1. The zero-order valence-corrected chi connectivity index (χ0v) is 18.0. The summed E-state index contributed by atoms with van der Waals surface area (Å²) in [7, 11) is 1.89. The van der Waals surface area contributed by atoms with Gasteiger partial charge in [-0.05, 0) is 37.8 Å². The van der Waals surface area contributed by atoms with Crippen molar-refractivity contribution in [1.29, 1.82) is 0 Å². The normalized spacial score (nSPS) is 14.7. The first-order chi connectivity index (χ1) is 14.6. The van der Waals surface area contributed by atoms with E-state index in [1.54, 1.807) is 0 Å². The molecule has 162 valence electrons. The number of hydrogen-bond donors (Lipinski definition) is 0. The monoisotopic (exact) mass is 412 g/mol. The predicted molar refractivity (Wildman–Crippen MR) is 115 cm³/mol. The van der Waals surface area contributed by atoms with Crippen LogP contribution in [0.4, 0.5) is 0 Å². The minimum absolute atomic E-state index is 0.0470. The van der Waals surface area contributed by atoms with Gasteiger partial charge in [-0.1, -0.05) is 31.5 Å². The van der Waals surface area contributed by atoms with Gasteiger partial charge >= 0.3 is 0 Å². The molecule has 1 aliphatic heterocycles. The fourth-order valence-corrected chi connectivity index (χ4v) is 3.79. The standard InChI is InChI=1S/C23H32N4O3/c1-3-4-15-26(2)23(29)19-13-16-27(17-14-19)21(28)12-8-11-20-24-25-22(30-20)18-9-6-5-7-10-18/h5-7,9-10,19H,3-4,8,11-17H2,1-2H3. The van der Waals surface area contributed by atoms with Gasteiger partial charge in [0.2, 0.25) is 23.6 Å². The second-order valence-electron chi connectivity index (χ2n) is 7.99. The Bertz CT molecular complexity index is 813. The van der Waals surface area contributed by atoms with E-state index in [1.807, 2.05) is 47.2 Å². The lowest BCUT2D eigenvalue weighted by atomic mass is 9.95. The van der Waals surface area contributed by atoms with E-state index in [1.165, 1.54) is 0 Å². The quantitative estimate of drug-likeness (QED) is 0.629. The SMILES string of the molecule is CCCCN(C)C(=O)C1CCN(C(=O)CCCc2nnc(-c3ccccc3)o2)CC1. The van der Waals surface area contributed by atoms with Gasteiger partial charge in [-0.25, -0.2) is 0 Å². The Balaban J connectivity index is 1.38. The number of nitrogens with zero attached hydrogens (tertiary/aromatic N) is 4. The third-order valence-electron chi connectivity index (χ3n) is 5.69. The smallest absolute Gasteiger partial charge is 0.247 e. The molecule has 1 fully saturated rings. The van der Waals surface area contributed by atoms with Crippen molar-refractivity contribution in [2.75, 3.05) is 26.7 Å². The van der Waals surface area contributed by atoms with E-state index in [2.05, 4.69) is 17.1 Å². The summed E-state index contributed by atoms with van der Waals surface area (Å²) < 4.78 is 5.70. The maximum absolute atomic E-state index is 12.5. The second-order valence-corrected chi connectivity index (χ2v) is 7.99. The number of benzene rings is 1. The highest BCUT2D eigenvalue weighted by Crippen LogP contribution is 2.21. The highest BCUT2D eigenvalue weighted by Gasteiger charge is 2.28. The maximum atomic E-state index is 12.5. The van der Waals surface area contributed by atoms with Crippen LogP contribution in [-0.4, -0.2) is 58.5 Å². The summed E-state index contributed by atoms with van der Waals surface area (Å²) in [4.78, 5) is 28.8. The average molecular weight is 413 g/mol. The molecule has 1 aromatic carbocycles. The number of unbranched alkanes of at least 4 members (excludes halogenated alkanes) is 1. The van der Waals surface area contributed by atoms with E-state index >= 15 is 0 Å². The van der Waals surface area contributed by atoms with E-state index < -0.39 is 0 Å². The molecule has 7 nitrogen and oxygen atoms in total. The molecule has 0 saturated carbocycles. The number of aromatic nitrogens is 2. The van der Waals surface area contributed by atoms with Crippen molar-refractivity contribution in [3.8, 4) is 11.5 Å². The Morgan fingerprint density at radius 2 is 1.87 bits per heavy atom. The van der Waals surface area contributed by atoms with Crippen molar-refractivity contribution in [2.24, 2.45) is 5.92 Å². The Hall–Kier alpha value is -2.70. The van der Waals surface area contributed by atoms with Gasteiger partial charge < -0.3 is 14.2 Å². The highest BCUT2D eigenvalue weighted by molar-refractivity contribution is 5.80. The summed E-state index contributed by atoms with van der Waals surface area (Å²) in [6, 6.07) is 9.65. The molecule has 1 saturated heterocycles. The third-order valence-corrected chi connectivity index (χ3v) is 5.69. The summed E-state index contributed by atoms with van der Waals surface area (Å²) in [5.74, 6) is 1.48. The molecule has 1 aliphatic rings. The molecule has 2 amide bonds. The molecule has 0 spiro atoms. The van der Waals surface area contributed by atoms with E-state index in [0.29, 0.717) is 44.1 Å². The predicted octanol–water partition coefficient (Wildman–Crippen LogP) is 3.56. The summed E-state index contributed by atoms with van der Waals surface area (Å²) in [6.07, 6.45) is 5.35. The Morgan fingerprint density at radius 1 is 1.13 bits per heavy atom. The molecular formula is C23H32N4O3. The van der Waals surface area contributed by atoms with Crippen LogP contribution < -0.4 is 0 Å². The van der Waals surface area contributed by atoms with Crippen LogP contribution >= 0.6 is 0 Å². The van der Waals surface area contributed by atoms with Crippen molar-refractivity contribution >= 4 is 11.8 Å².